The number of hydrogen-bond acceptors (Lipinski definition) is 5. The van der Waals surface area contributed by atoms with E-state index in [9.17, 15) is 9.59 Å². The van der Waals surface area contributed by atoms with Gasteiger partial charge >= 0.3 is 0 Å². The second-order valence-corrected chi connectivity index (χ2v) is 8.79. The number of benzene rings is 2. The fourth-order valence-corrected chi connectivity index (χ4v) is 4.37. The number of carbonyl (C=O) groups is 1. The first kappa shape index (κ1) is 24.5. The molecule has 184 valence electrons. The Morgan fingerprint density at radius 3 is 2.37 bits per heavy atom. The zero-order valence-electron chi connectivity index (χ0n) is 20.3. The van der Waals surface area contributed by atoms with Crippen molar-refractivity contribution < 1.29 is 14.3 Å². The van der Waals surface area contributed by atoms with Crippen molar-refractivity contribution in [3.63, 3.8) is 0 Å². The molecule has 0 atom stereocenters. The van der Waals surface area contributed by atoms with Crippen LogP contribution in [0.5, 0.6) is 11.5 Å². The largest absolute Gasteiger partial charge is 0.494 e. The van der Waals surface area contributed by atoms with Crippen molar-refractivity contribution in [1.29, 1.82) is 0 Å². The lowest BCUT2D eigenvalue weighted by molar-refractivity contribution is 0.0677. The molecule has 1 amide bonds. The van der Waals surface area contributed by atoms with Crippen LogP contribution in [0.4, 0.5) is 0 Å². The number of rotatable bonds is 10. The van der Waals surface area contributed by atoms with Gasteiger partial charge in [0.2, 0.25) is 0 Å². The van der Waals surface area contributed by atoms with E-state index < -0.39 is 0 Å². The maximum Gasteiger partial charge on any atom is 0.274 e. The third-order valence-electron chi connectivity index (χ3n) is 6.38. The Hall–Kier alpha value is -3.61. The number of amides is 1. The minimum atomic E-state index is -0.244. The van der Waals surface area contributed by atoms with Gasteiger partial charge in [-0.15, -0.1) is 0 Å². The molecule has 0 aliphatic carbocycles. The highest BCUT2D eigenvalue weighted by Crippen LogP contribution is 2.24. The molecule has 7 heteroatoms. The van der Waals surface area contributed by atoms with Gasteiger partial charge in [-0.05, 0) is 74.4 Å². The highest BCUT2D eigenvalue weighted by molar-refractivity contribution is 5.92. The summed E-state index contributed by atoms with van der Waals surface area (Å²) in [5, 5.41) is 4.32. The van der Waals surface area contributed by atoms with Gasteiger partial charge in [0.05, 0.1) is 13.2 Å². The standard InChI is InChI=1S/C28H33N3O4/c1-2-34-25-12-10-22(11-13-25)8-9-23-16-18-30(19-17-23)28(33)26-14-15-27(32)31(29-26)20-21-35-24-6-4-3-5-7-24/h3-7,10-15,23H,2,8-9,16-21H2,1H3. The molecule has 1 aromatic heterocycles. The summed E-state index contributed by atoms with van der Waals surface area (Å²) in [5.41, 5.74) is 1.37. The van der Waals surface area contributed by atoms with E-state index in [4.69, 9.17) is 9.47 Å². The third kappa shape index (κ3) is 6.94. The molecule has 2 heterocycles. The molecule has 0 radical (unpaired) electrons. The van der Waals surface area contributed by atoms with Gasteiger partial charge in [-0.3, -0.25) is 9.59 Å². The van der Waals surface area contributed by atoms with Gasteiger partial charge < -0.3 is 14.4 Å². The van der Waals surface area contributed by atoms with E-state index in [1.807, 2.05) is 54.3 Å². The van der Waals surface area contributed by atoms with E-state index in [-0.39, 0.29) is 18.0 Å². The topological polar surface area (TPSA) is 73.7 Å². The van der Waals surface area contributed by atoms with E-state index in [1.54, 1.807) is 0 Å². The first-order valence-electron chi connectivity index (χ1n) is 12.4. The Balaban J connectivity index is 1.25. The maximum atomic E-state index is 13.0. The van der Waals surface area contributed by atoms with Crippen molar-refractivity contribution in [1.82, 2.24) is 14.7 Å². The summed E-state index contributed by atoms with van der Waals surface area (Å²) in [4.78, 5) is 27.1. The second-order valence-electron chi connectivity index (χ2n) is 8.79. The molecule has 1 fully saturated rings. The van der Waals surface area contributed by atoms with Gasteiger partial charge in [0.25, 0.3) is 11.5 Å². The number of piperidine rings is 1. The summed E-state index contributed by atoms with van der Waals surface area (Å²) in [5.74, 6) is 2.13. The summed E-state index contributed by atoms with van der Waals surface area (Å²) in [6, 6.07) is 20.7. The summed E-state index contributed by atoms with van der Waals surface area (Å²) in [6.45, 7) is 4.67. The first-order chi connectivity index (χ1) is 17.1. The zero-order valence-corrected chi connectivity index (χ0v) is 20.3. The van der Waals surface area contributed by atoms with Crippen LogP contribution in [0, 0.1) is 5.92 Å². The second kappa shape index (κ2) is 12.2. The lowest BCUT2D eigenvalue weighted by atomic mass is 9.90. The molecule has 0 bridgehead atoms. The van der Waals surface area contributed by atoms with Crippen LogP contribution in [0.1, 0.15) is 42.2 Å². The molecule has 1 saturated heterocycles. The van der Waals surface area contributed by atoms with Gasteiger partial charge in [-0.2, -0.15) is 5.10 Å². The average molecular weight is 476 g/mol. The van der Waals surface area contributed by atoms with E-state index in [1.165, 1.54) is 22.4 Å². The SMILES string of the molecule is CCOc1ccc(CCC2CCN(C(=O)c3ccc(=O)n(CCOc4ccccc4)n3)CC2)cc1. The van der Waals surface area contributed by atoms with Crippen LogP contribution in [0.3, 0.4) is 0 Å². The van der Waals surface area contributed by atoms with Crippen molar-refractivity contribution in [2.75, 3.05) is 26.3 Å². The molecule has 0 spiro atoms. The third-order valence-corrected chi connectivity index (χ3v) is 6.38. The lowest BCUT2D eigenvalue weighted by Gasteiger charge is -2.32. The highest BCUT2D eigenvalue weighted by Gasteiger charge is 2.24. The van der Waals surface area contributed by atoms with E-state index in [2.05, 4.69) is 17.2 Å². The number of para-hydroxylation sites is 1. The van der Waals surface area contributed by atoms with Crippen molar-refractivity contribution in [3.05, 3.63) is 88.3 Å². The fraction of sp³-hybridized carbons (Fsp3) is 0.393. The van der Waals surface area contributed by atoms with Crippen molar-refractivity contribution >= 4 is 5.91 Å². The summed E-state index contributed by atoms with van der Waals surface area (Å²) in [7, 11) is 0. The van der Waals surface area contributed by atoms with Crippen LogP contribution in [-0.2, 0) is 13.0 Å². The fourth-order valence-electron chi connectivity index (χ4n) is 4.37. The number of aromatic nitrogens is 2. The Morgan fingerprint density at radius 1 is 0.943 bits per heavy atom. The number of likely N-dealkylation sites (tertiary alicyclic amines) is 1. The summed E-state index contributed by atoms with van der Waals surface area (Å²) >= 11 is 0. The van der Waals surface area contributed by atoms with Crippen molar-refractivity contribution in [2.45, 2.75) is 39.2 Å². The molecular weight excluding hydrogens is 442 g/mol. The molecule has 1 aliphatic rings. The zero-order chi connectivity index (χ0) is 24.5. The Bertz CT molecular complexity index is 1140. The number of carbonyl (C=O) groups excluding carboxylic acids is 1. The molecule has 7 nitrogen and oxygen atoms in total. The van der Waals surface area contributed by atoms with Crippen LogP contribution in [0.25, 0.3) is 0 Å². The van der Waals surface area contributed by atoms with Gasteiger partial charge in [0.15, 0.2) is 0 Å². The molecule has 0 unspecified atom stereocenters. The van der Waals surface area contributed by atoms with Crippen LogP contribution in [0.15, 0.2) is 71.5 Å². The minimum Gasteiger partial charge on any atom is -0.494 e. The lowest BCUT2D eigenvalue weighted by Crippen LogP contribution is -2.40. The number of aryl methyl sites for hydroxylation is 1. The number of nitrogens with zero attached hydrogens (tertiary/aromatic N) is 3. The van der Waals surface area contributed by atoms with Gasteiger partial charge in [-0.25, -0.2) is 4.68 Å². The molecule has 0 saturated carbocycles. The molecule has 35 heavy (non-hydrogen) atoms. The van der Waals surface area contributed by atoms with Crippen LogP contribution in [-0.4, -0.2) is 46.9 Å². The van der Waals surface area contributed by atoms with E-state index in [0.29, 0.717) is 37.9 Å². The predicted octanol–water partition coefficient (Wildman–Crippen LogP) is 4.21. The summed E-state index contributed by atoms with van der Waals surface area (Å²) in [6.07, 6.45) is 4.10. The van der Waals surface area contributed by atoms with Crippen LogP contribution in [0.2, 0.25) is 0 Å². The quantitative estimate of drug-likeness (QED) is 0.439. The number of hydrogen-bond donors (Lipinski definition) is 0. The Labute approximate surface area is 206 Å². The molecule has 2 aromatic carbocycles. The van der Waals surface area contributed by atoms with E-state index >= 15 is 0 Å². The van der Waals surface area contributed by atoms with Gasteiger partial charge in [0.1, 0.15) is 23.8 Å². The van der Waals surface area contributed by atoms with Crippen LogP contribution >= 0.6 is 0 Å². The van der Waals surface area contributed by atoms with E-state index in [0.717, 1.165) is 37.2 Å². The number of ether oxygens (including phenoxy) is 2. The smallest absolute Gasteiger partial charge is 0.274 e. The molecule has 4 rings (SSSR count). The van der Waals surface area contributed by atoms with Crippen molar-refractivity contribution in [2.24, 2.45) is 5.92 Å². The first-order valence-corrected chi connectivity index (χ1v) is 12.4. The average Bonchev–Trinajstić information content (AvgIpc) is 2.90. The molecule has 0 N–H and O–H groups in total. The predicted molar refractivity (Wildman–Crippen MR) is 135 cm³/mol. The minimum absolute atomic E-state index is 0.118. The highest BCUT2D eigenvalue weighted by atomic mass is 16.5. The van der Waals surface area contributed by atoms with Crippen molar-refractivity contribution in [3.8, 4) is 11.5 Å². The normalized spacial score (nSPS) is 14.0. The van der Waals surface area contributed by atoms with Gasteiger partial charge in [0, 0.05) is 19.2 Å². The molecular formula is C28H33N3O4. The van der Waals surface area contributed by atoms with Crippen LogP contribution < -0.4 is 15.0 Å². The molecule has 1 aliphatic heterocycles. The maximum absolute atomic E-state index is 13.0. The molecule has 3 aromatic rings. The summed E-state index contributed by atoms with van der Waals surface area (Å²) < 4.78 is 12.5. The monoisotopic (exact) mass is 475 g/mol. The Morgan fingerprint density at radius 2 is 1.66 bits per heavy atom. The Kier molecular flexibility index (Phi) is 8.54. The van der Waals surface area contributed by atoms with Gasteiger partial charge in [-0.1, -0.05) is 30.3 Å².